The number of hydroxylamine groups is 1. The Balaban J connectivity index is 2.00. The van der Waals surface area contributed by atoms with Crippen molar-refractivity contribution in [1.82, 2.24) is 15.7 Å². The average molecular weight is 280 g/mol. The fourth-order valence-electron chi connectivity index (χ4n) is 4.46. The van der Waals surface area contributed by atoms with E-state index in [1.165, 1.54) is 6.42 Å². The number of aliphatic imine (C=N–C) groups is 2. The Morgan fingerprint density at radius 1 is 1.65 bits per heavy atom. The summed E-state index contributed by atoms with van der Waals surface area (Å²) in [5.41, 5.74) is 7.88. The zero-order valence-electron chi connectivity index (χ0n) is 12.3. The van der Waals surface area contributed by atoms with Crippen LogP contribution < -0.4 is 16.5 Å². The van der Waals surface area contributed by atoms with E-state index in [1.807, 2.05) is 12.5 Å². The van der Waals surface area contributed by atoms with Gasteiger partial charge in [-0.2, -0.15) is 0 Å². The van der Waals surface area contributed by atoms with Gasteiger partial charge in [0.2, 0.25) is 5.96 Å². The molecule has 3 unspecified atom stereocenters. The highest BCUT2D eigenvalue weighted by Crippen LogP contribution is 2.71. The van der Waals surface area contributed by atoms with E-state index in [2.05, 4.69) is 34.0 Å². The van der Waals surface area contributed by atoms with Crippen molar-refractivity contribution in [3.63, 3.8) is 0 Å². The molecule has 20 heavy (non-hydrogen) atoms. The van der Waals surface area contributed by atoms with Gasteiger partial charge in [-0.25, -0.2) is 10.5 Å². The molecule has 7 nitrogen and oxygen atoms in total. The Kier molecular flexibility index (Phi) is 2.86. The molecule has 2 heterocycles. The highest BCUT2D eigenvalue weighted by Gasteiger charge is 2.78. The van der Waals surface area contributed by atoms with Gasteiger partial charge in [-0.05, 0) is 24.7 Å². The number of rotatable bonds is 2. The molecule has 0 bridgehead atoms. The van der Waals surface area contributed by atoms with Crippen LogP contribution in [-0.4, -0.2) is 53.2 Å². The molecular formula is C13H24N6O. The number of piperidine rings is 1. The lowest BCUT2D eigenvalue weighted by molar-refractivity contribution is 0.186. The van der Waals surface area contributed by atoms with E-state index in [0.717, 1.165) is 18.8 Å². The standard InChI is InChI=1S/C13H24N6O/c1-4-8-5-12(2)7-13(12)9(17-10(14)18-20)6-16-11(15-3)19(8)13/h8-9,20H,4-7H2,1-3H3,(H,15,16)(H3,14,17,18)/t8-,9?,12?,13?/m0/s1. The van der Waals surface area contributed by atoms with Gasteiger partial charge in [0.1, 0.15) is 0 Å². The number of hydrogen-bond donors (Lipinski definition) is 4. The minimum absolute atomic E-state index is 0.00917. The first-order valence-electron chi connectivity index (χ1n) is 7.26. The third kappa shape index (κ3) is 1.49. The van der Waals surface area contributed by atoms with Crippen molar-refractivity contribution in [3.8, 4) is 0 Å². The van der Waals surface area contributed by atoms with Crippen LogP contribution in [0.15, 0.2) is 9.98 Å². The van der Waals surface area contributed by atoms with Gasteiger partial charge in [-0.1, -0.05) is 13.8 Å². The predicted molar refractivity (Wildman–Crippen MR) is 77.7 cm³/mol. The predicted octanol–water partition coefficient (Wildman–Crippen LogP) is -0.129. The van der Waals surface area contributed by atoms with Crippen LogP contribution in [0.4, 0.5) is 0 Å². The molecule has 0 aromatic rings. The lowest BCUT2D eigenvalue weighted by Crippen LogP contribution is -2.63. The second-order valence-corrected chi connectivity index (χ2v) is 6.37. The lowest BCUT2D eigenvalue weighted by Gasteiger charge is -2.44. The Bertz CT molecular complexity index is 477. The molecule has 2 saturated heterocycles. The van der Waals surface area contributed by atoms with Gasteiger partial charge in [0.15, 0.2) is 5.96 Å². The molecule has 0 radical (unpaired) electrons. The third-order valence-electron chi connectivity index (χ3n) is 5.39. The van der Waals surface area contributed by atoms with Crippen molar-refractivity contribution in [2.75, 3.05) is 13.6 Å². The first kappa shape index (κ1) is 13.5. The van der Waals surface area contributed by atoms with Gasteiger partial charge < -0.3 is 16.0 Å². The highest BCUT2D eigenvalue weighted by molar-refractivity contribution is 5.85. The second-order valence-electron chi connectivity index (χ2n) is 6.37. The van der Waals surface area contributed by atoms with Crippen LogP contribution in [0.5, 0.6) is 0 Å². The maximum atomic E-state index is 8.90. The molecular weight excluding hydrogens is 256 g/mol. The SMILES string of the molecule is CC[C@H]1CC2(C)CC23C(N=C(N)NO)CNC(=NC)N13. The summed E-state index contributed by atoms with van der Waals surface area (Å²) in [5, 5.41) is 12.3. The molecule has 0 aromatic heterocycles. The van der Waals surface area contributed by atoms with Crippen molar-refractivity contribution < 1.29 is 5.21 Å². The van der Waals surface area contributed by atoms with Gasteiger partial charge in [-0.15, -0.1) is 0 Å². The van der Waals surface area contributed by atoms with Crippen molar-refractivity contribution in [1.29, 1.82) is 0 Å². The van der Waals surface area contributed by atoms with Crippen molar-refractivity contribution in [2.24, 2.45) is 21.1 Å². The molecule has 3 aliphatic rings. The summed E-state index contributed by atoms with van der Waals surface area (Å²) in [6.45, 7) is 5.26. The van der Waals surface area contributed by atoms with E-state index in [-0.39, 0.29) is 23.0 Å². The van der Waals surface area contributed by atoms with E-state index < -0.39 is 0 Å². The molecule has 3 fully saturated rings. The monoisotopic (exact) mass is 280 g/mol. The molecule has 112 valence electrons. The first-order valence-corrected chi connectivity index (χ1v) is 7.26. The van der Waals surface area contributed by atoms with Crippen LogP contribution in [-0.2, 0) is 0 Å². The van der Waals surface area contributed by atoms with Crippen LogP contribution in [0.2, 0.25) is 0 Å². The molecule has 1 saturated carbocycles. The lowest BCUT2D eigenvalue weighted by atomic mass is 9.94. The summed E-state index contributed by atoms with van der Waals surface area (Å²) in [5.74, 6) is 1.05. The maximum Gasteiger partial charge on any atom is 0.213 e. The molecule has 0 aromatic carbocycles. The Morgan fingerprint density at radius 3 is 3.00 bits per heavy atom. The second kappa shape index (κ2) is 4.25. The fourth-order valence-corrected chi connectivity index (χ4v) is 4.46. The number of nitrogens with two attached hydrogens (primary N) is 1. The first-order chi connectivity index (χ1) is 9.52. The molecule has 1 aliphatic carbocycles. The van der Waals surface area contributed by atoms with Crippen LogP contribution in [0, 0.1) is 5.41 Å². The molecule has 5 N–H and O–H groups in total. The number of nitrogens with one attached hydrogen (secondary N) is 2. The summed E-state index contributed by atoms with van der Waals surface area (Å²) >= 11 is 0. The molecule has 4 atom stereocenters. The number of guanidine groups is 2. The molecule has 3 rings (SSSR count). The zero-order valence-corrected chi connectivity index (χ0v) is 12.3. The van der Waals surface area contributed by atoms with Crippen LogP contribution in [0.1, 0.15) is 33.1 Å². The molecule has 7 heteroatoms. The summed E-state index contributed by atoms with van der Waals surface area (Å²) in [6, 6.07) is 0.537. The summed E-state index contributed by atoms with van der Waals surface area (Å²) < 4.78 is 0. The molecule has 0 amide bonds. The topological polar surface area (TPSA) is 98.3 Å². The number of nitrogens with zero attached hydrogens (tertiary/aromatic N) is 3. The third-order valence-corrected chi connectivity index (χ3v) is 5.39. The Morgan fingerprint density at radius 2 is 2.40 bits per heavy atom. The van der Waals surface area contributed by atoms with Crippen molar-refractivity contribution in [3.05, 3.63) is 0 Å². The average Bonchev–Trinajstić information content (AvgIpc) is 2.95. The minimum atomic E-state index is 0.00917. The van der Waals surface area contributed by atoms with Crippen molar-refractivity contribution >= 4 is 11.9 Å². The zero-order chi connectivity index (χ0) is 14.5. The summed E-state index contributed by atoms with van der Waals surface area (Å²) in [4.78, 5) is 11.3. The van der Waals surface area contributed by atoms with Gasteiger partial charge in [0.25, 0.3) is 0 Å². The van der Waals surface area contributed by atoms with Gasteiger partial charge in [0.05, 0.1) is 11.6 Å². The van der Waals surface area contributed by atoms with Gasteiger partial charge in [0, 0.05) is 19.6 Å². The summed E-state index contributed by atoms with van der Waals surface area (Å²) in [7, 11) is 1.83. The van der Waals surface area contributed by atoms with Crippen LogP contribution in [0.3, 0.4) is 0 Å². The van der Waals surface area contributed by atoms with Crippen molar-refractivity contribution in [2.45, 2.75) is 50.7 Å². The van der Waals surface area contributed by atoms with Gasteiger partial charge >= 0.3 is 0 Å². The van der Waals surface area contributed by atoms with E-state index in [9.17, 15) is 0 Å². The fraction of sp³-hybridized carbons (Fsp3) is 0.846. The van der Waals surface area contributed by atoms with E-state index in [4.69, 9.17) is 10.9 Å². The number of hydrogen-bond acceptors (Lipinski definition) is 3. The van der Waals surface area contributed by atoms with Gasteiger partial charge in [-0.3, -0.25) is 10.2 Å². The van der Waals surface area contributed by atoms with Crippen LogP contribution >= 0.6 is 0 Å². The van der Waals surface area contributed by atoms with E-state index in [0.29, 0.717) is 12.6 Å². The summed E-state index contributed by atoms with van der Waals surface area (Å²) in [6.07, 6.45) is 3.38. The Hall–Kier alpha value is -1.50. The largest absolute Gasteiger partial charge is 0.368 e. The minimum Gasteiger partial charge on any atom is -0.368 e. The van der Waals surface area contributed by atoms with E-state index in [1.54, 1.807) is 0 Å². The van der Waals surface area contributed by atoms with Crippen LogP contribution in [0.25, 0.3) is 0 Å². The maximum absolute atomic E-state index is 8.90. The highest BCUT2D eigenvalue weighted by atomic mass is 16.5. The molecule has 2 aliphatic heterocycles. The van der Waals surface area contributed by atoms with E-state index >= 15 is 0 Å². The normalized spacial score (nSPS) is 44.9. The smallest absolute Gasteiger partial charge is 0.213 e. The Labute approximate surface area is 119 Å². The molecule has 1 spiro atoms. The quantitative estimate of drug-likeness (QED) is 0.321.